The molecule has 1 N–H and O–H groups in total. The zero-order valence-electron chi connectivity index (χ0n) is 9.38. The summed E-state index contributed by atoms with van der Waals surface area (Å²) in [6.07, 6.45) is 1.67. The van der Waals surface area contributed by atoms with E-state index in [1.807, 2.05) is 0 Å². The molecule has 0 amide bonds. The van der Waals surface area contributed by atoms with Crippen molar-refractivity contribution in [3.05, 3.63) is 23.3 Å². The largest absolute Gasteiger partial charge is 0.384 e. The molecule has 0 fully saturated rings. The average Bonchev–Trinajstić information content (AvgIpc) is 2.76. The van der Waals surface area contributed by atoms with Gasteiger partial charge >= 0.3 is 0 Å². The molecule has 16 heavy (non-hydrogen) atoms. The number of hydrogen-bond donors (Lipinski definition) is 1. The van der Waals surface area contributed by atoms with E-state index in [0.29, 0.717) is 17.9 Å². The van der Waals surface area contributed by atoms with E-state index in [1.165, 1.54) is 0 Å². The van der Waals surface area contributed by atoms with Crippen LogP contribution in [0.3, 0.4) is 0 Å². The lowest BCUT2D eigenvalue weighted by molar-refractivity contribution is 0.0737. The normalized spacial score (nSPS) is 12.0. The van der Waals surface area contributed by atoms with Crippen molar-refractivity contribution < 1.29 is 9.74 Å². The van der Waals surface area contributed by atoms with Crippen molar-refractivity contribution in [3.8, 4) is 0 Å². The summed E-state index contributed by atoms with van der Waals surface area (Å²) in [5.41, 5.74) is 0.948. The first-order chi connectivity index (χ1) is 7.47. The first-order valence-corrected chi connectivity index (χ1v) is 4.88. The minimum Gasteiger partial charge on any atom is -0.384 e. The van der Waals surface area contributed by atoms with E-state index in [2.05, 4.69) is 25.3 Å². The standard InChI is InChI=1S/C9H13N5O2/c1-6-7(12-16-11-6)4-14-5-8(10-13-14)9(2,3)15/h5,15H,4H2,1-3H3. The molecule has 0 unspecified atom stereocenters. The van der Waals surface area contributed by atoms with Crippen LogP contribution in [0.2, 0.25) is 0 Å². The Morgan fingerprint density at radius 3 is 2.69 bits per heavy atom. The lowest BCUT2D eigenvalue weighted by Gasteiger charge is -2.11. The molecule has 0 aliphatic heterocycles. The maximum atomic E-state index is 9.72. The van der Waals surface area contributed by atoms with E-state index in [4.69, 9.17) is 0 Å². The molecule has 0 atom stereocenters. The molecule has 2 rings (SSSR count). The molecule has 2 heterocycles. The van der Waals surface area contributed by atoms with Gasteiger partial charge in [0.15, 0.2) is 0 Å². The monoisotopic (exact) mass is 223 g/mol. The van der Waals surface area contributed by atoms with Gasteiger partial charge in [-0.05, 0) is 20.8 Å². The third kappa shape index (κ3) is 2.08. The number of rotatable bonds is 3. The summed E-state index contributed by atoms with van der Waals surface area (Å²) >= 11 is 0. The Labute approximate surface area is 92.0 Å². The van der Waals surface area contributed by atoms with E-state index in [-0.39, 0.29) is 0 Å². The SMILES string of the molecule is Cc1nonc1Cn1cc(C(C)(C)O)nn1. The smallest absolute Gasteiger partial charge is 0.129 e. The van der Waals surface area contributed by atoms with Crippen LogP contribution in [-0.4, -0.2) is 30.4 Å². The molecule has 0 saturated carbocycles. The van der Waals surface area contributed by atoms with Gasteiger partial charge < -0.3 is 5.11 Å². The van der Waals surface area contributed by atoms with E-state index < -0.39 is 5.60 Å². The van der Waals surface area contributed by atoms with Gasteiger partial charge in [-0.1, -0.05) is 15.5 Å². The fourth-order valence-corrected chi connectivity index (χ4v) is 1.20. The molecule has 7 heteroatoms. The Hall–Kier alpha value is -1.76. The second-order valence-corrected chi connectivity index (χ2v) is 4.16. The highest BCUT2D eigenvalue weighted by atomic mass is 16.6. The van der Waals surface area contributed by atoms with Gasteiger partial charge in [0.05, 0.1) is 12.7 Å². The fraction of sp³-hybridized carbons (Fsp3) is 0.556. The molecule has 0 aromatic carbocycles. The van der Waals surface area contributed by atoms with Crippen LogP contribution in [0.1, 0.15) is 30.9 Å². The maximum absolute atomic E-state index is 9.72. The lowest BCUT2D eigenvalue weighted by atomic mass is 10.1. The molecule has 7 nitrogen and oxygen atoms in total. The molecule has 0 aliphatic carbocycles. The Morgan fingerprint density at radius 1 is 1.44 bits per heavy atom. The van der Waals surface area contributed by atoms with Crippen LogP contribution in [0, 0.1) is 6.92 Å². The van der Waals surface area contributed by atoms with Gasteiger partial charge in [0, 0.05) is 0 Å². The molecule has 0 radical (unpaired) electrons. The predicted molar refractivity (Wildman–Crippen MR) is 53.4 cm³/mol. The molecule has 0 spiro atoms. The zero-order chi connectivity index (χ0) is 11.8. The van der Waals surface area contributed by atoms with Crippen molar-refractivity contribution in [1.82, 2.24) is 25.3 Å². The minimum absolute atomic E-state index is 0.429. The van der Waals surface area contributed by atoms with E-state index >= 15 is 0 Å². The molecular weight excluding hydrogens is 210 g/mol. The molecule has 2 aromatic heterocycles. The molecule has 86 valence electrons. The minimum atomic E-state index is -0.991. The fourth-order valence-electron chi connectivity index (χ4n) is 1.20. The average molecular weight is 223 g/mol. The number of aliphatic hydroxyl groups is 1. The van der Waals surface area contributed by atoms with Gasteiger partial charge in [-0.25, -0.2) is 9.31 Å². The molecular formula is C9H13N5O2. The summed E-state index contributed by atoms with van der Waals surface area (Å²) in [6, 6.07) is 0. The van der Waals surface area contributed by atoms with Gasteiger partial charge in [-0.2, -0.15) is 0 Å². The van der Waals surface area contributed by atoms with Gasteiger partial charge in [-0.15, -0.1) is 5.10 Å². The summed E-state index contributed by atoms with van der Waals surface area (Å²) in [5, 5.41) is 24.9. The van der Waals surface area contributed by atoms with Crippen molar-refractivity contribution >= 4 is 0 Å². The molecule has 0 saturated heterocycles. The van der Waals surface area contributed by atoms with Crippen LogP contribution in [0.5, 0.6) is 0 Å². The number of nitrogens with zero attached hydrogens (tertiary/aromatic N) is 5. The quantitative estimate of drug-likeness (QED) is 0.801. The summed E-state index contributed by atoms with van der Waals surface area (Å²) in [6.45, 7) is 5.55. The third-order valence-electron chi connectivity index (χ3n) is 2.22. The Morgan fingerprint density at radius 2 is 2.19 bits per heavy atom. The molecule has 0 aliphatic rings. The molecule has 2 aromatic rings. The highest BCUT2D eigenvalue weighted by Crippen LogP contribution is 2.16. The number of hydrogen-bond acceptors (Lipinski definition) is 6. The highest BCUT2D eigenvalue weighted by Gasteiger charge is 2.20. The Balaban J connectivity index is 2.18. The first-order valence-electron chi connectivity index (χ1n) is 4.88. The van der Waals surface area contributed by atoms with E-state index in [9.17, 15) is 5.11 Å². The summed E-state index contributed by atoms with van der Waals surface area (Å²) < 4.78 is 6.16. The van der Waals surface area contributed by atoms with Crippen LogP contribution < -0.4 is 0 Å². The first kappa shape index (κ1) is 10.7. The van der Waals surface area contributed by atoms with Gasteiger partial charge in [0.2, 0.25) is 0 Å². The van der Waals surface area contributed by atoms with E-state index in [0.717, 1.165) is 5.69 Å². The Bertz CT molecular complexity index is 482. The lowest BCUT2D eigenvalue weighted by Crippen LogP contribution is -2.15. The van der Waals surface area contributed by atoms with Gasteiger partial charge in [0.25, 0.3) is 0 Å². The van der Waals surface area contributed by atoms with E-state index in [1.54, 1.807) is 31.6 Å². The second-order valence-electron chi connectivity index (χ2n) is 4.16. The predicted octanol–water partition coefficient (Wildman–Crippen LogP) is 0.245. The highest BCUT2D eigenvalue weighted by molar-refractivity contribution is 5.07. The third-order valence-corrected chi connectivity index (χ3v) is 2.22. The second kappa shape index (κ2) is 3.67. The van der Waals surface area contributed by atoms with Crippen molar-refractivity contribution in [2.45, 2.75) is 32.9 Å². The zero-order valence-corrected chi connectivity index (χ0v) is 9.38. The number of aromatic nitrogens is 5. The van der Waals surface area contributed by atoms with Gasteiger partial charge in [0.1, 0.15) is 22.7 Å². The number of aryl methyl sites for hydroxylation is 1. The van der Waals surface area contributed by atoms with Crippen molar-refractivity contribution in [2.75, 3.05) is 0 Å². The van der Waals surface area contributed by atoms with Crippen molar-refractivity contribution in [2.24, 2.45) is 0 Å². The van der Waals surface area contributed by atoms with Crippen molar-refractivity contribution in [3.63, 3.8) is 0 Å². The van der Waals surface area contributed by atoms with Crippen LogP contribution >= 0.6 is 0 Å². The molecule has 0 bridgehead atoms. The van der Waals surface area contributed by atoms with Crippen LogP contribution in [0.4, 0.5) is 0 Å². The summed E-state index contributed by atoms with van der Waals surface area (Å²) in [7, 11) is 0. The maximum Gasteiger partial charge on any atom is 0.129 e. The van der Waals surface area contributed by atoms with Crippen LogP contribution in [0.25, 0.3) is 0 Å². The summed E-state index contributed by atoms with van der Waals surface area (Å²) in [4.78, 5) is 0. The topological polar surface area (TPSA) is 89.9 Å². The van der Waals surface area contributed by atoms with Crippen LogP contribution in [0.15, 0.2) is 10.8 Å². The summed E-state index contributed by atoms with van der Waals surface area (Å²) in [5.74, 6) is 0. The van der Waals surface area contributed by atoms with Crippen molar-refractivity contribution in [1.29, 1.82) is 0 Å². The van der Waals surface area contributed by atoms with Crippen LogP contribution in [-0.2, 0) is 12.1 Å². The Kier molecular flexibility index (Phi) is 2.47. The van der Waals surface area contributed by atoms with Gasteiger partial charge in [-0.3, -0.25) is 0 Å².